The molecule has 0 aliphatic heterocycles. The number of nitrogens with zero attached hydrogens (tertiary/aromatic N) is 3. The number of hydrogen-bond acceptors (Lipinski definition) is 6. The number of carbonyl (C=O) groups is 1. The van der Waals surface area contributed by atoms with E-state index in [0.29, 0.717) is 19.6 Å². The quantitative estimate of drug-likeness (QED) is 0.219. The smallest absolute Gasteiger partial charge is 0.317 e. The van der Waals surface area contributed by atoms with Gasteiger partial charge in [-0.15, -0.1) is 0 Å². The lowest BCUT2D eigenvalue weighted by Gasteiger charge is -2.16. The van der Waals surface area contributed by atoms with E-state index in [4.69, 9.17) is 19.7 Å². The molecule has 132 valence electrons. The van der Waals surface area contributed by atoms with Crippen LogP contribution in [-0.4, -0.2) is 43.5 Å². The number of esters is 1. The van der Waals surface area contributed by atoms with Crippen LogP contribution in [0.2, 0.25) is 0 Å². The van der Waals surface area contributed by atoms with E-state index in [0.717, 1.165) is 11.3 Å². The van der Waals surface area contributed by atoms with Crippen molar-refractivity contribution in [3.63, 3.8) is 0 Å². The van der Waals surface area contributed by atoms with Gasteiger partial charge in [-0.05, 0) is 43.0 Å². The molecule has 1 N–H and O–H groups in total. The van der Waals surface area contributed by atoms with Crippen LogP contribution >= 0.6 is 0 Å². The largest absolute Gasteiger partial charge is 0.497 e. The molecule has 8 heteroatoms. The molecule has 0 aromatic heterocycles. The summed E-state index contributed by atoms with van der Waals surface area (Å²) in [6.07, 6.45) is -0.302. The Kier molecular flexibility index (Phi) is 9.29. The standard InChI is InChI=1S/C16H23N3O5/c1-3-24-16(21)15(18-19-17)14(20)5-4-10-23-11-12-6-8-13(22-2)9-7-12/h6-9,14-15,20H,3-5,10-11H2,1-2H3/t14-,15-/m0/s1. The Morgan fingerprint density at radius 2 is 2.08 bits per heavy atom. The molecule has 0 amide bonds. The van der Waals surface area contributed by atoms with Crippen molar-refractivity contribution in [2.75, 3.05) is 20.3 Å². The molecule has 0 fully saturated rings. The van der Waals surface area contributed by atoms with Crippen molar-refractivity contribution in [1.29, 1.82) is 0 Å². The minimum Gasteiger partial charge on any atom is -0.497 e. The highest BCUT2D eigenvalue weighted by Crippen LogP contribution is 2.13. The van der Waals surface area contributed by atoms with Gasteiger partial charge in [0.25, 0.3) is 0 Å². The van der Waals surface area contributed by atoms with Gasteiger partial charge in [0.15, 0.2) is 6.04 Å². The Morgan fingerprint density at radius 1 is 1.38 bits per heavy atom. The predicted molar refractivity (Wildman–Crippen MR) is 87.5 cm³/mol. The van der Waals surface area contributed by atoms with Crippen LogP contribution < -0.4 is 4.74 Å². The minimum atomic E-state index is -1.23. The normalized spacial score (nSPS) is 12.8. The molecule has 0 radical (unpaired) electrons. The lowest BCUT2D eigenvalue weighted by molar-refractivity contribution is -0.147. The van der Waals surface area contributed by atoms with Crippen molar-refractivity contribution in [2.24, 2.45) is 5.11 Å². The molecule has 1 rings (SSSR count). The predicted octanol–water partition coefficient (Wildman–Crippen LogP) is 2.59. The minimum absolute atomic E-state index is 0.161. The molecule has 0 heterocycles. The third-order valence-corrected chi connectivity index (χ3v) is 3.28. The Morgan fingerprint density at radius 3 is 2.67 bits per heavy atom. The number of azide groups is 1. The van der Waals surface area contributed by atoms with Gasteiger partial charge in [0.2, 0.25) is 0 Å². The SMILES string of the molecule is CCOC(=O)[C@@H](N=[N+]=[N-])[C@@H](O)CCCOCc1ccc(OC)cc1. The maximum absolute atomic E-state index is 11.6. The van der Waals surface area contributed by atoms with E-state index < -0.39 is 18.1 Å². The van der Waals surface area contributed by atoms with E-state index in [1.807, 2.05) is 24.3 Å². The molecule has 24 heavy (non-hydrogen) atoms. The van der Waals surface area contributed by atoms with E-state index in [2.05, 4.69) is 10.0 Å². The van der Waals surface area contributed by atoms with Gasteiger partial charge < -0.3 is 19.3 Å². The van der Waals surface area contributed by atoms with Crippen LogP contribution in [-0.2, 0) is 20.9 Å². The Balaban J connectivity index is 2.31. The lowest BCUT2D eigenvalue weighted by atomic mass is 10.1. The fraction of sp³-hybridized carbons (Fsp3) is 0.562. The first kappa shape index (κ1) is 19.8. The first-order valence-electron chi connectivity index (χ1n) is 7.72. The Labute approximate surface area is 141 Å². The van der Waals surface area contributed by atoms with Gasteiger partial charge in [-0.2, -0.15) is 0 Å². The average Bonchev–Trinajstić information content (AvgIpc) is 2.59. The van der Waals surface area contributed by atoms with Crippen molar-refractivity contribution in [1.82, 2.24) is 0 Å². The molecule has 0 saturated carbocycles. The zero-order valence-corrected chi connectivity index (χ0v) is 13.9. The van der Waals surface area contributed by atoms with Crippen molar-refractivity contribution in [3.05, 3.63) is 40.3 Å². The highest BCUT2D eigenvalue weighted by atomic mass is 16.5. The number of benzene rings is 1. The highest BCUT2D eigenvalue weighted by molar-refractivity contribution is 5.76. The zero-order chi connectivity index (χ0) is 17.8. The summed E-state index contributed by atoms with van der Waals surface area (Å²) in [6.45, 7) is 2.66. The zero-order valence-electron chi connectivity index (χ0n) is 13.9. The van der Waals surface area contributed by atoms with Gasteiger partial charge >= 0.3 is 5.97 Å². The van der Waals surface area contributed by atoms with E-state index in [1.54, 1.807) is 14.0 Å². The molecule has 1 aromatic rings. The van der Waals surface area contributed by atoms with E-state index in [9.17, 15) is 9.90 Å². The van der Waals surface area contributed by atoms with Gasteiger partial charge in [-0.1, -0.05) is 17.2 Å². The lowest BCUT2D eigenvalue weighted by Crippen LogP contribution is -2.33. The number of aliphatic hydroxyl groups excluding tert-OH is 1. The molecule has 0 saturated heterocycles. The molecular weight excluding hydrogens is 314 g/mol. The van der Waals surface area contributed by atoms with Crippen LogP contribution in [0.4, 0.5) is 0 Å². The summed E-state index contributed by atoms with van der Waals surface area (Å²) >= 11 is 0. The second-order valence-electron chi connectivity index (χ2n) is 5.01. The van der Waals surface area contributed by atoms with E-state index in [1.165, 1.54) is 0 Å². The summed E-state index contributed by atoms with van der Waals surface area (Å²) in [5, 5.41) is 13.3. The Bertz CT molecular complexity index is 543. The maximum Gasteiger partial charge on any atom is 0.317 e. The second kappa shape index (κ2) is 11.3. The molecule has 2 atom stereocenters. The Hall–Kier alpha value is -2.28. The fourth-order valence-electron chi connectivity index (χ4n) is 2.03. The molecule has 8 nitrogen and oxygen atoms in total. The molecule has 0 spiro atoms. The van der Waals surface area contributed by atoms with Gasteiger partial charge in [-0.3, -0.25) is 4.79 Å². The van der Waals surface area contributed by atoms with Crippen LogP contribution in [0.1, 0.15) is 25.3 Å². The van der Waals surface area contributed by atoms with Crippen molar-refractivity contribution in [3.8, 4) is 5.75 Å². The molecule has 1 aromatic carbocycles. The number of carbonyl (C=O) groups excluding carboxylic acids is 1. The number of ether oxygens (including phenoxy) is 3. The summed E-state index contributed by atoms with van der Waals surface area (Å²) in [5.74, 6) is 0.0619. The average molecular weight is 337 g/mol. The number of methoxy groups -OCH3 is 1. The highest BCUT2D eigenvalue weighted by Gasteiger charge is 2.26. The molecular formula is C16H23N3O5. The van der Waals surface area contributed by atoms with Crippen molar-refractivity contribution < 1.29 is 24.1 Å². The van der Waals surface area contributed by atoms with Crippen LogP contribution in [0.15, 0.2) is 29.4 Å². The van der Waals surface area contributed by atoms with Gasteiger partial charge in [0.05, 0.1) is 26.4 Å². The molecule has 0 unspecified atom stereocenters. The summed E-state index contributed by atoms with van der Waals surface area (Å²) in [7, 11) is 1.61. The van der Waals surface area contributed by atoms with Crippen molar-refractivity contribution in [2.45, 2.75) is 38.5 Å². The van der Waals surface area contributed by atoms with E-state index in [-0.39, 0.29) is 13.0 Å². The third kappa shape index (κ3) is 6.87. The number of rotatable bonds is 11. The first-order valence-corrected chi connectivity index (χ1v) is 7.72. The number of aliphatic hydroxyl groups is 1. The molecule has 0 bridgehead atoms. The van der Waals surface area contributed by atoms with Gasteiger partial charge in [0.1, 0.15) is 5.75 Å². The van der Waals surface area contributed by atoms with E-state index >= 15 is 0 Å². The van der Waals surface area contributed by atoms with Crippen LogP contribution in [0.5, 0.6) is 5.75 Å². The van der Waals surface area contributed by atoms with Crippen molar-refractivity contribution >= 4 is 5.97 Å². The topological polar surface area (TPSA) is 114 Å². The summed E-state index contributed by atoms with van der Waals surface area (Å²) in [6, 6.07) is 6.30. The van der Waals surface area contributed by atoms with Crippen LogP contribution in [0.3, 0.4) is 0 Å². The fourth-order valence-corrected chi connectivity index (χ4v) is 2.03. The molecule has 0 aliphatic carbocycles. The van der Waals surface area contributed by atoms with Gasteiger partial charge in [0, 0.05) is 11.5 Å². The second-order valence-corrected chi connectivity index (χ2v) is 5.01. The monoisotopic (exact) mass is 337 g/mol. The molecule has 0 aliphatic rings. The number of hydrogen-bond donors (Lipinski definition) is 1. The van der Waals surface area contributed by atoms with Crippen LogP contribution in [0.25, 0.3) is 10.4 Å². The summed E-state index contributed by atoms with van der Waals surface area (Å²) in [5.41, 5.74) is 9.49. The third-order valence-electron chi connectivity index (χ3n) is 3.28. The summed E-state index contributed by atoms with van der Waals surface area (Å²) < 4.78 is 15.4. The van der Waals surface area contributed by atoms with Crippen LogP contribution in [0, 0.1) is 0 Å². The summed E-state index contributed by atoms with van der Waals surface area (Å²) in [4.78, 5) is 14.2. The van der Waals surface area contributed by atoms with Gasteiger partial charge in [-0.25, -0.2) is 0 Å². The first-order chi connectivity index (χ1) is 11.6. The maximum atomic E-state index is 11.6.